The number of benzene rings is 1. The Morgan fingerprint density at radius 2 is 1.77 bits per heavy atom. The molecule has 2 aliphatic rings. The zero-order valence-electron chi connectivity index (χ0n) is 14.9. The predicted molar refractivity (Wildman–Crippen MR) is 111 cm³/mol. The number of carbonyl (C=O) groups excluding carboxylic acids is 1. The maximum Gasteiger partial charge on any atom is 0.225 e. The number of amides is 1. The first-order valence-corrected chi connectivity index (χ1v) is 8.82. The molecule has 1 aromatic heterocycles. The number of carbonyl (C=O) groups is 1. The first-order valence-electron chi connectivity index (χ1n) is 8.82. The Morgan fingerprint density at radius 1 is 1.08 bits per heavy atom. The van der Waals surface area contributed by atoms with Crippen molar-refractivity contribution in [1.29, 1.82) is 0 Å². The molecule has 2 saturated heterocycles. The van der Waals surface area contributed by atoms with Gasteiger partial charge < -0.3 is 15.1 Å². The summed E-state index contributed by atoms with van der Waals surface area (Å²) in [6.07, 6.45) is 0. The van der Waals surface area contributed by atoms with Crippen molar-refractivity contribution in [1.82, 2.24) is 15.2 Å². The van der Waals surface area contributed by atoms with Crippen LogP contribution in [0.5, 0.6) is 0 Å². The lowest BCUT2D eigenvalue weighted by atomic mass is 9.88. The van der Waals surface area contributed by atoms with Crippen LogP contribution in [-0.4, -0.2) is 55.1 Å². The highest BCUT2D eigenvalue weighted by Gasteiger charge is 2.32. The van der Waals surface area contributed by atoms with Crippen LogP contribution in [0.15, 0.2) is 36.4 Å². The maximum absolute atomic E-state index is 12.6. The third kappa shape index (κ3) is 4.05. The van der Waals surface area contributed by atoms with Crippen LogP contribution >= 0.6 is 24.8 Å². The second kappa shape index (κ2) is 8.89. The van der Waals surface area contributed by atoms with E-state index in [1.165, 1.54) is 0 Å². The number of pyridine rings is 1. The molecule has 1 N–H and O–H groups in total. The molecule has 1 unspecified atom stereocenters. The van der Waals surface area contributed by atoms with E-state index in [-0.39, 0.29) is 30.7 Å². The van der Waals surface area contributed by atoms with E-state index in [2.05, 4.69) is 35.3 Å². The van der Waals surface area contributed by atoms with E-state index in [1.807, 2.05) is 23.1 Å². The summed E-state index contributed by atoms with van der Waals surface area (Å²) >= 11 is 0. The number of fused-ring (bicyclic) bond motifs is 1. The molecule has 1 amide bonds. The monoisotopic (exact) mass is 396 g/mol. The zero-order valence-corrected chi connectivity index (χ0v) is 16.6. The second-order valence-electron chi connectivity index (χ2n) is 6.88. The summed E-state index contributed by atoms with van der Waals surface area (Å²) in [5.74, 6) is 1.97. The van der Waals surface area contributed by atoms with E-state index in [1.54, 1.807) is 0 Å². The summed E-state index contributed by atoms with van der Waals surface area (Å²) in [7, 11) is 0. The quantitative estimate of drug-likeness (QED) is 0.865. The molecule has 1 aromatic carbocycles. The second-order valence-corrected chi connectivity index (χ2v) is 6.88. The number of aromatic nitrogens is 1. The van der Waals surface area contributed by atoms with E-state index < -0.39 is 0 Å². The Morgan fingerprint density at radius 3 is 2.42 bits per heavy atom. The molecule has 5 nitrogen and oxygen atoms in total. The number of nitrogens with zero attached hydrogens (tertiary/aromatic N) is 3. The molecule has 1 atom stereocenters. The number of piperazine rings is 1. The van der Waals surface area contributed by atoms with Crippen molar-refractivity contribution in [3.8, 4) is 0 Å². The summed E-state index contributed by atoms with van der Waals surface area (Å²) in [6.45, 7) is 7.32. The number of para-hydroxylation sites is 1. The van der Waals surface area contributed by atoms with Crippen molar-refractivity contribution in [3.05, 3.63) is 36.4 Å². The number of hydrogen-bond donors (Lipinski definition) is 1. The van der Waals surface area contributed by atoms with Gasteiger partial charge in [0, 0.05) is 37.5 Å². The summed E-state index contributed by atoms with van der Waals surface area (Å²) in [4.78, 5) is 21.7. The normalized spacial score (nSPS) is 18.5. The minimum absolute atomic E-state index is 0. The molecule has 2 aliphatic heterocycles. The van der Waals surface area contributed by atoms with Crippen LogP contribution < -0.4 is 10.2 Å². The SMILES string of the molecule is CC(C(=O)N1CCN(c2ccc3ccccc3n2)CC1)C1CNC1.Cl.Cl. The van der Waals surface area contributed by atoms with Crippen molar-refractivity contribution in [2.24, 2.45) is 11.8 Å². The van der Waals surface area contributed by atoms with Gasteiger partial charge in [0.05, 0.1) is 5.52 Å². The molecule has 26 heavy (non-hydrogen) atoms. The van der Waals surface area contributed by atoms with Gasteiger partial charge in [-0.3, -0.25) is 4.79 Å². The van der Waals surface area contributed by atoms with Gasteiger partial charge in [0.1, 0.15) is 5.82 Å². The number of halogens is 2. The summed E-state index contributed by atoms with van der Waals surface area (Å²) in [5, 5.41) is 4.42. The van der Waals surface area contributed by atoms with E-state index in [0.717, 1.165) is 56.0 Å². The van der Waals surface area contributed by atoms with Gasteiger partial charge in [-0.15, -0.1) is 24.8 Å². The number of anilines is 1. The highest BCUT2D eigenvalue weighted by atomic mass is 35.5. The van der Waals surface area contributed by atoms with Gasteiger partial charge in [0.2, 0.25) is 5.91 Å². The van der Waals surface area contributed by atoms with Crippen LogP contribution in [0.1, 0.15) is 6.92 Å². The molecule has 2 fully saturated rings. The minimum atomic E-state index is 0. The number of hydrogen-bond acceptors (Lipinski definition) is 4. The Bertz CT molecular complexity index is 745. The van der Waals surface area contributed by atoms with Gasteiger partial charge >= 0.3 is 0 Å². The van der Waals surface area contributed by atoms with Crippen molar-refractivity contribution in [3.63, 3.8) is 0 Å². The Kier molecular flexibility index (Phi) is 7.09. The van der Waals surface area contributed by atoms with Gasteiger partial charge in [-0.1, -0.05) is 25.1 Å². The minimum Gasteiger partial charge on any atom is -0.353 e. The maximum atomic E-state index is 12.6. The van der Waals surface area contributed by atoms with Crippen molar-refractivity contribution in [2.45, 2.75) is 6.92 Å². The predicted octanol–water partition coefficient (Wildman–Crippen LogP) is 2.58. The van der Waals surface area contributed by atoms with E-state index in [0.29, 0.717) is 11.8 Å². The Labute approximate surface area is 167 Å². The molecule has 0 radical (unpaired) electrons. The van der Waals surface area contributed by atoms with Gasteiger partial charge in [0.25, 0.3) is 0 Å². The first kappa shape index (κ1) is 20.7. The fraction of sp³-hybridized carbons (Fsp3) is 0.474. The fourth-order valence-electron chi connectivity index (χ4n) is 3.54. The highest BCUT2D eigenvalue weighted by Crippen LogP contribution is 2.22. The lowest BCUT2D eigenvalue weighted by molar-refractivity contribution is -0.137. The largest absolute Gasteiger partial charge is 0.353 e. The lowest BCUT2D eigenvalue weighted by Gasteiger charge is -2.39. The molecule has 0 aliphatic carbocycles. The van der Waals surface area contributed by atoms with Gasteiger partial charge in [0.15, 0.2) is 0 Å². The first-order chi connectivity index (χ1) is 11.7. The zero-order chi connectivity index (χ0) is 16.5. The average molecular weight is 397 g/mol. The molecule has 7 heteroatoms. The van der Waals surface area contributed by atoms with Crippen molar-refractivity contribution >= 4 is 47.4 Å². The van der Waals surface area contributed by atoms with Gasteiger partial charge in [-0.2, -0.15) is 0 Å². The highest BCUT2D eigenvalue weighted by molar-refractivity contribution is 5.85. The standard InChI is InChI=1S/C19H24N4O.2ClH/c1-14(16-12-20-13-16)19(24)23-10-8-22(9-11-23)18-7-6-15-4-2-3-5-17(15)21-18;;/h2-7,14,16,20H,8-13H2,1H3;2*1H. The summed E-state index contributed by atoms with van der Waals surface area (Å²) < 4.78 is 0. The van der Waals surface area contributed by atoms with Gasteiger partial charge in [-0.05, 0) is 37.2 Å². The smallest absolute Gasteiger partial charge is 0.225 e. The fourth-order valence-corrected chi connectivity index (χ4v) is 3.54. The molecule has 0 spiro atoms. The molecule has 0 saturated carbocycles. The molecule has 2 aromatic rings. The Hall–Kier alpha value is -1.56. The third-order valence-corrected chi connectivity index (χ3v) is 5.41. The number of rotatable bonds is 3. The summed E-state index contributed by atoms with van der Waals surface area (Å²) in [6, 6.07) is 12.4. The molecule has 142 valence electrons. The van der Waals surface area contributed by atoms with Crippen molar-refractivity contribution < 1.29 is 4.79 Å². The summed E-state index contributed by atoms with van der Waals surface area (Å²) in [5.41, 5.74) is 1.03. The third-order valence-electron chi connectivity index (χ3n) is 5.41. The van der Waals surface area contributed by atoms with Crippen LogP contribution in [0.25, 0.3) is 10.9 Å². The van der Waals surface area contributed by atoms with E-state index in [9.17, 15) is 4.79 Å². The lowest BCUT2D eigenvalue weighted by Crippen LogP contribution is -2.54. The number of nitrogens with one attached hydrogen (secondary N) is 1. The molecular weight excluding hydrogens is 371 g/mol. The van der Waals surface area contributed by atoms with Crippen LogP contribution in [0.4, 0.5) is 5.82 Å². The van der Waals surface area contributed by atoms with Crippen LogP contribution in [-0.2, 0) is 4.79 Å². The van der Waals surface area contributed by atoms with Crippen LogP contribution in [0, 0.1) is 11.8 Å². The average Bonchev–Trinajstić information content (AvgIpc) is 2.59. The Balaban J connectivity index is 0.00000121. The van der Waals surface area contributed by atoms with Crippen LogP contribution in [0.2, 0.25) is 0 Å². The molecule has 3 heterocycles. The van der Waals surface area contributed by atoms with E-state index in [4.69, 9.17) is 4.98 Å². The van der Waals surface area contributed by atoms with Crippen molar-refractivity contribution in [2.75, 3.05) is 44.2 Å². The van der Waals surface area contributed by atoms with Crippen LogP contribution in [0.3, 0.4) is 0 Å². The topological polar surface area (TPSA) is 48.5 Å². The van der Waals surface area contributed by atoms with Gasteiger partial charge in [-0.25, -0.2) is 4.98 Å². The van der Waals surface area contributed by atoms with E-state index >= 15 is 0 Å². The molecular formula is C19H26Cl2N4O. The molecule has 4 rings (SSSR count). The molecule has 0 bridgehead atoms.